The lowest BCUT2D eigenvalue weighted by Crippen LogP contribution is -2.45. The fraction of sp³-hybridized carbons (Fsp3) is 0.919. The molecule has 0 aliphatic heterocycles. The molecule has 3 atom stereocenters. The van der Waals surface area contributed by atoms with Crippen LogP contribution in [0, 0.1) is 0 Å². The molecule has 0 aromatic rings. The summed E-state index contributed by atoms with van der Waals surface area (Å²) >= 11 is 0. The Bertz CT molecular complexity index is 1210. The summed E-state index contributed by atoms with van der Waals surface area (Å²) in [7, 11) is 1.27. The van der Waals surface area contributed by atoms with Gasteiger partial charge in [-0.3, -0.25) is 9.36 Å². The average Bonchev–Trinajstić information content (AvgIpc) is 3.33. The van der Waals surface area contributed by atoms with Crippen molar-refractivity contribution in [3.8, 4) is 0 Å². The molecule has 0 saturated heterocycles. The Balaban J connectivity index is 3.86. The standard InChI is InChI=1S/C62H123N2O6P/c1-6-8-10-12-14-16-18-20-21-22-23-24-25-26-27-28-29-30-31-32-33-34-35-36-37-38-39-40-41-42-43-44-46-48-50-52-54-56-62(66)63-60(59-70-71(67,68)69-58-57-64(3,4)5)61(65)55-53-51-49-47-45-19-17-15-13-11-9-7-2/h22-23,53,55,60-61,65H,6-21,24-52,54,56-59H2,1-5H3,(H-,63,66,67,68)/b23-22-,55-53+. The number of nitrogens with one attached hydrogen (secondary N) is 1. The van der Waals surface area contributed by atoms with Gasteiger partial charge in [-0.25, -0.2) is 0 Å². The molecule has 3 unspecified atom stereocenters. The van der Waals surface area contributed by atoms with Gasteiger partial charge in [-0.1, -0.05) is 289 Å². The number of quaternary nitrogens is 1. The lowest BCUT2D eigenvalue weighted by Gasteiger charge is -2.29. The van der Waals surface area contributed by atoms with E-state index in [0.717, 1.165) is 38.5 Å². The summed E-state index contributed by atoms with van der Waals surface area (Å²) in [6, 6.07) is -0.882. The first-order valence-corrected chi connectivity index (χ1v) is 32.7. The number of aliphatic hydroxyl groups excluding tert-OH is 1. The van der Waals surface area contributed by atoms with Crippen molar-refractivity contribution in [3.05, 3.63) is 24.3 Å². The van der Waals surface area contributed by atoms with Gasteiger partial charge in [-0.15, -0.1) is 0 Å². The average molecular weight is 1020 g/mol. The van der Waals surface area contributed by atoms with Crippen LogP contribution in [0.1, 0.15) is 316 Å². The Morgan fingerprint density at radius 2 is 0.775 bits per heavy atom. The van der Waals surface area contributed by atoms with Gasteiger partial charge >= 0.3 is 0 Å². The van der Waals surface area contributed by atoms with E-state index in [9.17, 15) is 19.4 Å². The SMILES string of the molecule is CCCCCCCCCC/C=C\CCCCCCCCCCCCCCCCCCCCCCCCCCCC(=O)NC(COP(=O)([O-])OCC[N+](C)(C)C)C(O)/C=C/CCCCCCCCCCCC. The number of aliphatic hydroxyl groups is 1. The molecule has 0 aromatic carbocycles. The first-order chi connectivity index (χ1) is 34.5. The van der Waals surface area contributed by atoms with E-state index in [0.29, 0.717) is 17.4 Å². The molecule has 0 spiro atoms. The smallest absolute Gasteiger partial charge is 0.268 e. The summed E-state index contributed by atoms with van der Waals surface area (Å²) in [5, 5.41) is 13.8. The van der Waals surface area contributed by atoms with Gasteiger partial charge in [0.25, 0.3) is 7.82 Å². The highest BCUT2D eigenvalue weighted by atomic mass is 31.2. The molecule has 1 amide bonds. The monoisotopic (exact) mass is 1020 g/mol. The van der Waals surface area contributed by atoms with Crippen LogP contribution in [0.4, 0.5) is 0 Å². The number of unbranched alkanes of at least 4 members (excludes halogenated alkanes) is 43. The Morgan fingerprint density at radius 1 is 0.479 bits per heavy atom. The summed E-state index contributed by atoms with van der Waals surface area (Å²) < 4.78 is 23.3. The van der Waals surface area contributed by atoms with E-state index in [1.165, 1.54) is 257 Å². The molecule has 0 radical (unpaired) electrons. The second kappa shape index (κ2) is 53.8. The molecule has 0 fully saturated rings. The van der Waals surface area contributed by atoms with Crippen LogP contribution in [0.2, 0.25) is 0 Å². The zero-order valence-corrected chi connectivity index (χ0v) is 49.1. The summed E-state index contributed by atoms with van der Waals surface area (Å²) in [6.07, 6.45) is 68.7. The maximum Gasteiger partial charge on any atom is 0.268 e. The predicted octanol–water partition coefficient (Wildman–Crippen LogP) is 18.5. The first kappa shape index (κ1) is 70.0. The number of nitrogens with zero attached hydrogens (tertiary/aromatic N) is 1. The normalized spacial score (nSPS) is 14.0. The summed E-state index contributed by atoms with van der Waals surface area (Å²) in [5.41, 5.74) is 0. The van der Waals surface area contributed by atoms with E-state index in [1.54, 1.807) is 6.08 Å². The number of rotatable bonds is 58. The summed E-state index contributed by atoms with van der Waals surface area (Å²) in [6.45, 7) is 4.67. The minimum absolute atomic E-state index is 0.00162. The minimum Gasteiger partial charge on any atom is -0.756 e. The molecule has 0 bridgehead atoms. The van der Waals surface area contributed by atoms with Crippen LogP contribution in [0.25, 0.3) is 0 Å². The van der Waals surface area contributed by atoms with Gasteiger partial charge in [0.1, 0.15) is 13.2 Å². The molecule has 0 rings (SSSR count). The van der Waals surface area contributed by atoms with E-state index in [4.69, 9.17) is 9.05 Å². The molecular formula is C62H123N2O6P. The van der Waals surface area contributed by atoms with Crippen molar-refractivity contribution in [1.82, 2.24) is 5.32 Å². The van der Waals surface area contributed by atoms with E-state index < -0.39 is 20.0 Å². The second-order valence-corrected chi connectivity index (χ2v) is 24.2. The molecule has 422 valence electrons. The van der Waals surface area contributed by atoms with Crippen molar-refractivity contribution in [2.45, 2.75) is 328 Å². The quantitative estimate of drug-likeness (QED) is 0.0272. The highest BCUT2D eigenvalue weighted by Crippen LogP contribution is 2.38. The van der Waals surface area contributed by atoms with Crippen LogP contribution < -0.4 is 10.2 Å². The molecule has 0 aliphatic carbocycles. The molecule has 8 nitrogen and oxygen atoms in total. The van der Waals surface area contributed by atoms with Crippen molar-refractivity contribution >= 4 is 13.7 Å². The van der Waals surface area contributed by atoms with E-state index in [-0.39, 0.29) is 19.1 Å². The molecular weight excluding hydrogens is 900 g/mol. The lowest BCUT2D eigenvalue weighted by atomic mass is 10.0. The fourth-order valence-corrected chi connectivity index (χ4v) is 10.2. The minimum atomic E-state index is -4.59. The van der Waals surface area contributed by atoms with E-state index >= 15 is 0 Å². The third kappa shape index (κ3) is 56.5. The van der Waals surface area contributed by atoms with Crippen molar-refractivity contribution in [3.63, 3.8) is 0 Å². The largest absolute Gasteiger partial charge is 0.756 e. The van der Waals surface area contributed by atoms with Crippen LogP contribution in [-0.4, -0.2) is 68.5 Å². The zero-order chi connectivity index (χ0) is 52.0. The molecule has 71 heavy (non-hydrogen) atoms. The van der Waals surface area contributed by atoms with E-state index in [2.05, 4.69) is 31.3 Å². The molecule has 0 saturated carbocycles. The number of likely N-dealkylation sites (N-methyl/N-ethyl adjacent to an activating group) is 1. The van der Waals surface area contributed by atoms with Crippen LogP contribution in [0.3, 0.4) is 0 Å². The number of phosphoric acid groups is 1. The van der Waals surface area contributed by atoms with Gasteiger partial charge in [-0.2, -0.15) is 0 Å². The number of hydrogen-bond acceptors (Lipinski definition) is 6. The first-order valence-electron chi connectivity index (χ1n) is 31.2. The van der Waals surface area contributed by atoms with Crippen molar-refractivity contribution in [2.75, 3.05) is 40.9 Å². The lowest BCUT2D eigenvalue weighted by molar-refractivity contribution is -0.870. The van der Waals surface area contributed by atoms with Crippen LogP contribution in [-0.2, 0) is 18.4 Å². The third-order valence-corrected chi connectivity index (χ3v) is 15.4. The van der Waals surface area contributed by atoms with Gasteiger partial charge < -0.3 is 28.8 Å². The highest BCUT2D eigenvalue weighted by molar-refractivity contribution is 7.45. The van der Waals surface area contributed by atoms with E-state index in [1.807, 2.05) is 27.2 Å². The van der Waals surface area contributed by atoms with Crippen molar-refractivity contribution in [1.29, 1.82) is 0 Å². The molecule has 0 heterocycles. The number of carbonyl (C=O) groups excluding carboxylic acids is 1. The van der Waals surface area contributed by atoms with Crippen LogP contribution >= 0.6 is 7.82 Å². The Labute approximate surface area is 443 Å². The zero-order valence-electron chi connectivity index (χ0n) is 48.2. The van der Waals surface area contributed by atoms with Crippen LogP contribution in [0.15, 0.2) is 24.3 Å². The van der Waals surface area contributed by atoms with Gasteiger partial charge in [-0.05, 0) is 44.9 Å². The van der Waals surface area contributed by atoms with Gasteiger partial charge in [0.2, 0.25) is 5.91 Å². The van der Waals surface area contributed by atoms with Gasteiger partial charge in [0.05, 0.1) is 39.9 Å². The molecule has 0 aliphatic rings. The van der Waals surface area contributed by atoms with Crippen molar-refractivity contribution in [2.24, 2.45) is 0 Å². The number of amides is 1. The maximum atomic E-state index is 12.9. The molecule has 9 heteroatoms. The number of allylic oxidation sites excluding steroid dienone is 3. The Kier molecular flexibility index (Phi) is 53.0. The van der Waals surface area contributed by atoms with Crippen molar-refractivity contribution < 1.29 is 32.9 Å². The number of carbonyl (C=O) groups is 1. The third-order valence-electron chi connectivity index (χ3n) is 14.4. The topological polar surface area (TPSA) is 108 Å². The van der Waals surface area contributed by atoms with Crippen LogP contribution in [0.5, 0.6) is 0 Å². The Hall–Kier alpha value is -1.02. The Morgan fingerprint density at radius 3 is 1.10 bits per heavy atom. The summed E-state index contributed by atoms with van der Waals surface area (Å²) in [5.74, 6) is -0.192. The maximum absolute atomic E-state index is 12.9. The predicted molar refractivity (Wildman–Crippen MR) is 307 cm³/mol. The highest BCUT2D eigenvalue weighted by Gasteiger charge is 2.23. The molecule has 0 aromatic heterocycles. The summed E-state index contributed by atoms with van der Waals surface area (Å²) in [4.78, 5) is 25.4. The fourth-order valence-electron chi connectivity index (χ4n) is 9.50. The number of phosphoric ester groups is 1. The molecule has 2 N–H and O–H groups in total. The number of hydrogen-bond donors (Lipinski definition) is 2. The van der Waals surface area contributed by atoms with Gasteiger partial charge in [0, 0.05) is 6.42 Å². The van der Waals surface area contributed by atoms with Gasteiger partial charge in [0.15, 0.2) is 0 Å². The second-order valence-electron chi connectivity index (χ2n) is 22.8.